The number of anilines is 1. The quantitative estimate of drug-likeness (QED) is 0.340. The van der Waals surface area contributed by atoms with Gasteiger partial charge in [0.2, 0.25) is 5.91 Å². The minimum absolute atomic E-state index is 0.00415. The number of ether oxygens (including phenoxy) is 2. The van der Waals surface area contributed by atoms with Gasteiger partial charge in [0.25, 0.3) is 5.91 Å². The second-order valence-corrected chi connectivity index (χ2v) is 13.4. The van der Waals surface area contributed by atoms with Gasteiger partial charge in [-0.3, -0.25) is 9.59 Å². The summed E-state index contributed by atoms with van der Waals surface area (Å²) in [5, 5.41) is 16.2. The lowest BCUT2D eigenvalue weighted by atomic mass is 9.96. The van der Waals surface area contributed by atoms with Gasteiger partial charge in [0, 0.05) is 44.4 Å². The fraction of sp³-hybridized carbons (Fsp3) is 0.595. The van der Waals surface area contributed by atoms with Gasteiger partial charge in [-0.2, -0.15) is 0 Å². The first-order valence-electron chi connectivity index (χ1n) is 17.3. The fourth-order valence-electron chi connectivity index (χ4n) is 6.34. The number of carbonyl (C=O) groups excluding carboxylic acids is 3. The predicted molar refractivity (Wildman–Crippen MR) is 184 cm³/mol. The van der Waals surface area contributed by atoms with E-state index in [1.807, 2.05) is 51.1 Å². The number of hydrogen-bond donors (Lipinski definition) is 3. The predicted octanol–water partition coefficient (Wildman–Crippen LogP) is 5.64. The highest BCUT2D eigenvalue weighted by Crippen LogP contribution is 2.29. The summed E-state index contributed by atoms with van der Waals surface area (Å²) in [6.07, 6.45) is 7.65. The minimum atomic E-state index is -0.493. The molecule has 0 spiro atoms. The van der Waals surface area contributed by atoms with Crippen LogP contribution in [0.1, 0.15) is 88.1 Å². The molecule has 4 amide bonds. The lowest BCUT2D eigenvalue weighted by Gasteiger charge is -2.36. The number of carbonyl (C=O) groups is 3. The number of rotatable bonds is 8. The molecule has 0 radical (unpaired) electrons. The number of amides is 4. The third kappa shape index (κ3) is 11.0. The molecule has 10 nitrogen and oxygen atoms in total. The SMILES string of the molecule is C[C@H]1CCCCO[C@H](CN(C)C(=O)Cc2ccccc2)[C@@H](C)CN([C@@H](C)CO)C(=O)c2cc(NC(=O)NC3CCCCC3)ccc2O1. The van der Waals surface area contributed by atoms with Crippen LogP contribution >= 0.6 is 0 Å². The Labute approximate surface area is 280 Å². The first-order chi connectivity index (χ1) is 22.6. The highest BCUT2D eigenvalue weighted by Gasteiger charge is 2.31. The number of aliphatic hydroxyl groups excluding tert-OH is 1. The van der Waals surface area contributed by atoms with Crippen LogP contribution in [0.3, 0.4) is 0 Å². The number of fused-ring (bicyclic) bond motifs is 1. The monoisotopic (exact) mass is 650 g/mol. The summed E-state index contributed by atoms with van der Waals surface area (Å²) in [7, 11) is 1.79. The van der Waals surface area contributed by atoms with Gasteiger partial charge >= 0.3 is 6.03 Å². The molecule has 2 aliphatic rings. The Balaban J connectivity index is 1.56. The molecule has 47 heavy (non-hydrogen) atoms. The molecule has 1 heterocycles. The maximum Gasteiger partial charge on any atom is 0.319 e. The molecular formula is C37H54N4O6. The maximum atomic E-state index is 14.4. The van der Waals surface area contributed by atoms with E-state index in [1.165, 1.54) is 6.42 Å². The molecule has 1 aliphatic carbocycles. The first kappa shape index (κ1) is 36.2. The summed E-state index contributed by atoms with van der Waals surface area (Å²) >= 11 is 0. The van der Waals surface area contributed by atoms with E-state index in [4.69, 9.17) is 9.47 Å². The Morgan fingerprint density at radius 1 is 1.02 bits per heavy atom. The molecule has 1 aliphatic heterocycles. The van der Waals surface area contributed by atoms with Crippen LogP contribution in [-0.2, 0) is 16.0 Å². The fourth-order valence-corrected chi connectivity index (χ4v) is 6.34. The summed E-state index contributed by atoms with van der Waals surface area (Å²) in [4.78, 5) is 43.7. The molecule has 258 valence electrons. The smallest absolute Gasteiger partial charge is 0.319 e. The molecule has 0 unspecified atom stereocenters. The van der Waals surface area contributed by atoms with Crippen LogP contribution in [0.4, 0.5) is 10.5 Å². The molecule has 2 aromatic carbocycles. The van der Waals surface area contributed by atoms with E-state index in [0.29, 0.717) is 43.1 Å². The second kappa shape index (κ2) is 18.1. The topological polar surface area (TPSA) is 120 Å². The van der Waals surface area contributed by atoms with Crippen molar-refractivity contribution in [2.75, 3.05) is 38.7 Å². The standard InChI is InChI=1S/C37H54N4O6/c1-26-23-41(27(2)25-42)36(44)32-22-31(39-37(45)38-30-16-9-6-10-17-30)18-19-33(32)47-28(3)13-11-12-20-46-34(26)24-40(4)35(43)21-29-14-7-5-8-15-29/h5,7-8,14-15,18-19,22,26-28,30,34,42H,6,9-13,16-17,20-21,23-25H2,1-4H3,(H2,38,39,45)/t26-,27-,28-,34+/m0/s1. The van der Waals surface area contributed by atoms with Crippen molar-refractivity contribution in [3.05, 3.63) is 59.7 Å². The van der Waals surface area contributed by atoms with Crippen molar-refractivity contribution in [2.45, 2.75) is 103 Å². The van der Waals surface area contributed by atoms with Crippen LogP contribution in [0.5, 0.6) is 5.75 Å². The number of nitrogens with zero attached hydrogens (tertiary/aromatic N) is 2. The molecule has 3 N–H and O–H groups in total. The van der Waals surface area contributed by atoms with Crippen molar-refractivity contribution in [3.63, 3.8) is 0 Å². The molecule has 1 saturated carbocycles. The Kier molecular flexibility index (Phi) is 13.9. The van der Waals surface area contributed by atoms with Gasteiger partial charge in [0.05, 0.1) is 36.8 Å². The van der Waals surface area contributed by atoms with Crippen LogP contribution in [0.2, 0.25) is 0 Å². The molecule has 0 bridgehead atoms. The lowest BCUT2D eigenvalue weighted by Crippen LogP contribution is -2.48. The second-order valence-electron chi connectivity index (χ2n) is 13.4. The van der Waals surface area contributed by atoms with E-state index in [1.54, 1.807) is 35.0 Å². The molecule has 2 aromatic rings. The van der Waals surface area contributed by atoms with Crippen molar-refractivity contribution >= 4 is 23.5 Å². The van der Waals surface area contributed by atoms with E-state index >= 15 is 0 Å². The van der Waals surface area contributed by atoms with E-state index in [-0.39, 0.29) is 48.6 Å². The normalized spacial score (nSPS) is 22.3. The molecular weight excluding hydrogens is 596 g/mol. The van der Waals surface area contributed by atoms with E-state index < -0.39 is 6.04 Å². The van der Waals surface area contributed by atoms with Crippen LogP contribution in [0.15, 0.2) is 48.5 Å². The van der Waals surface area contributed by atoms with Gasteiger partial charge in [-0.15, -0.1) is 0 Å². The Morgan fingerprint density at radius 2 is 1.74 bits per heavy atom. The first-order valence-corrected chi connectivity index (χ1v) is 17.3. The zero-order valence-corrected chi connectivity index (χ0v) is 28.6. The summed E-state index contributed by atoms with van der Waals surface area (Å²) in [5.41, 5.74) is 1.77. The third-order valence-electron chi connectivity index (χ3n) is 9.33. The van der Waals surface area contributed by atoms with Gasteiger partial charge in [-0.05, 0) is 69.7 Å². The van der Waals surface area contributed by atoms with Crippen LogP contribution in [0.25, 0.3) is 0 Å². The van der Waals surface area contributed by atoms with Crippen molar-refractivity contribution < 1.29 is 29.0 Å². The minimum Gasteiger partial charge on any atom is -0.490 e. The molecule has 0 saturated heterocycles. The average molecular weight is 651 g/mol. The number of aliphatic hydroxyl groups is 1. The third-order valence-corrected chi connectivity index (χ3v) is 9.33. The van der Waals surface area contributed by atoms with Crippen molar-refractivity contribution in [1.82, 2.24) is 15.1 Å². The van der Waals surface area contributed by atoms with E-state index in [9.17, 15) is 19.5 Å². The Morgan fingerprint density at radius 3 is 2.47 bits per heavy atom. The van der Waals surface area contributed by atoms with Gasteiger partial charge in [0.15, 0.2) is 0 Å². The Hall–Kier alpha value is -3.63. The highest BCUT2D eigenvalue weighted by atomic mass is 16.5. The Bertz CT molecular complexity index is 1300. The summed E-state index contributed by atoms with van der Waals surface area (Å²) in [5.74, 6) is -0.0230. The number of benzene rings is 2. The highest BCUT2D eigenvalue weighted by molar-refractivity contribution is 5.99. The van der Waals surface area contributed by atoms with E-state index in [2.05, 4.69) is 10.6 Å². The number of hydrogen-bond acceptors (Lipinski definition) is 6. The molecule has 0 aromatic heterocycles. The molecule has 10 heteroatoms. The van der Waals surface area contributed by atoms with Crippen LogP contribution in [-0.4, -0.2) is 90.4 Å². The molecule has 1 fully saturated rings. The van der Waals surface area contributed by atoms with Gasteiger partial charge < -0.3 is 35.0 Å². The zero-order chi connectivity index (χ0) is 33.8. The van der Waals surface area contributed by atoms with Crippen molar-refractivity contribution in [3.8, 4) is 5.75 Å². The summed E-state index contributed by atoms with van der Waals surface area (Å²) in [6, 6.07) is 14.2. The maximum absolute atomic E-state index is 14.4. The summed E-state index contributed by atoms with van der Waals surface area (Å²) < 4.78 is 12.7. The van der Waals surface area contributed by atoms with Gasteiger partial charge in [0.1, 0.15) is 5.75 Å². The number of likely N-dealkylation sites (N-methyl/N-ethyl adjacent to an activating group) is 1. The van der Waals surface area contributed by atoms with E-state index in [0.717, 1.165) is 50.5 Å². The van der Waals surface area contributed by atoms with Gasteiger partial charge in [-0.1, -0.05) is 56.5 Å². The van der Waals surface area contributed by atoms with Gasteiger partial charge in [-0.25, -0.2) is 4.79 Å². The molecule has 4 rings (SSSR count). The number of nitrogens with one attached hydrogen (secondary N) is 2. The zero-order valence-electron chi connectivity index (χ0n) is 28.6. The largest absolute Gasteiger partial charge is 0.490 e. The van der Waals surface area contributed by atoms with Crippen LogP contribution in [0, 0.1) is 5.92 Å². The summed E-state index contributed by atoms with van der Waals surface area (Å²) in [6.45, 7) is 6.78. The van der Waals surface area contributed by atoms with Crippen molar-refractivity contribution in [1.29, 1.82) is 0 Å². The number of urea groups is 1. The van der Waals surface area contributed by atoms with Crippen LogP contribution < -0.4 is 15.4 Å². The lowest BCUT2D eigenvalue weighted by molar-refractivity contribution is -0.131. The average Bonchev–Trinajstić information content (AvgIpc) is 3.06. The van der Waals surface area contributed by atoms with Crippen molar-refractivity contribution in [2.24, 2.45) is 5.92 Å². The molecule has 4 atom stereocenters.